The Labute approximate surface area is 111 Å². The predicted molar refractivity (Wildman–Crippen MR) is 73.0 cm³/mol. The average Bonchev–Trinajstić information content (AvgIpc) is 2.33. The Morgan fingerprint density at radius 3 is 2.79 bits per heavy atom. The summed E-state index contributed by atoms with van der Waals surface area (Å²) in [6, 6.07) is 0.467. The Kier molecular flexibility index (Phi) is 2.78. The molecule has 1 amide bonds. The number of anilines is 3. The number of aromatic nitrogens is 2. The number of amides is 1. The third kappa shape index (κ3) is 1.99. The molecule has 1 aliphatic carbocycles. The number of hydrogen-bond acceptors (Lipinski definition) is 6. The van der Waals surface area contributed by atoms with Gasteiger partial charge in [0.2, 0.25) is 5.95 Å². The minimum atomic E-state index is -0.710. The van der Waals surface area contributed by atoms with Crippen molar-refractivity contribution in [2.24, 2.45) is 5.73 Å². The van der Waals surface area contributed by atoms with Gasteiger partial charge in [-0.25, -0.2) is 4.98 Å². The van der Waals surface area contributed by atoms with Crippen LogP contribution in [0, 0.1) is 6.92 Å². The number of likely N-dealkylation sites (N-methyl/N-ethyl adjacent to an activating group) is 1. The van der Waals surface area contributed by atoms with Crippen LogP contribution in [0.15, 0.2) is 0 Å². The first-order valence-corrected chi connectivity index (χ1v) is 6.50. The Bertz CT molecular complexity index is 527. The second-order valence-corrected chi connectivity index (χ2v) is 5.15. The van der Waals surface area contributed by atoms with Gasteiger partial charge in [-0.2, -0.15) is 4.98 Å². The lowest BCUT2D eigenvalue weighted by atomic mass is 9.93. The summed E-state index contributed by atoms with van der Waals surface area (Å²) in [7, 11) is 1.77. The van der Waals surface area contributed by atoms with Gasteiger partial charge in [-0.1, -0.05) is 0 Å². The number of nitrogens with zero attached hydrogens (tertiary/aromatic N) is 3. The van der Waals surface area contributed by atoms with Crippen molar-refractivity contribution >= 4 is 23.4 Å². The van der Waals surface area contributed by atoms with Crippen LogP contribution < -0.4 is 21.3 Å². The first-order valence-electron chi connectivity index (χ1n) is 6.50. The molecule has 0 spiro atoms. The first-order chi connectivity index (χ1) is 9.06. The molecule has 102 valence electrons. The fourth-order valence-corrected chi connectivity index (χ4v) is 2.26. The molecule has 3 rings (SSSR count). The lowest BCUT2D eigenvalue weighted by molar-refractivity contribution is -0.117. The summed E-state index contributed by atoms with van der Waals surface area (Å²) >= 11 is 0. The molecule has 4 N–H and O–H groups in total. The van der Waals surface area contributed by atoms with Crippen LogP contribution >= 0.6 is 0 Å². The van der Waals surface area contributed by atoms with Gasteiger partial charge < -0.3 is 21.3 Å². The molecule has 0 bridgehead atoms. The van der Waals surface area contributed by atoms with Crippen LogP contribution in [-0.2, 0) is 4.79 Å². The number of hydrogen-bond donors (Lipinski definition) is 3. The molecular formula is C12H18N6O. The second kappa shape index (κ2) is 4.34. The fraction of sp³-hybridized carbons (Fsp3) is 0.583. The van der Waals surface area contributed by atoms with Gasteiger partial charge in [0, 0.05) is 13.1 Å². The molecule has 1 atom stereocenters. The van der Waals surface area contributed by atoms with Gasteiger partial charge in [-0.15, -0.1) is 0 Å². The van der Waals surface area contributed by atoms with Crippen molar-refractivity contribution in [3.63, 3.8) is 0 Å². The second-order valence-electron chi connectivity index (χ2n) is 5.15. The van der Waals surface area contributed by atoms with Crippen molar-refractivity contribution in [2.75, 3.05) is 22.6 Å². The molecule has 7 nitrogen and oxygen atoms in total. The molecule has 2 heterocycles. The summed E-state index contributed by atoms with van der Waals surface area (Å²) in [6.07, 6.45) is 2.86. The summed E-state index contributed by atoms with van der Waals surface area (Å²) < 4.78 is 0. The van der Waals surface area contributed by atoms with E-state index >= 15 is 0 Å². The first kappa shape index (κ1) is 12.2. The number of nitrogens with two attached hydrogens (primary N) is 1. The zero-order valence-electron chi connectivity index (χ0n) is 11.1. The normalized spacial score (nSPS) is 22.6. The lowest BCUT2D eigenvalue weighted by Crippen LogP contribution is -2.52. The Morgan fingerprint density at radius 1 is 1.42 bits per heavy atom. The molecule has 19 heavy (non-hydrogen) atoms. The quantitative estimate of drug-likeness (QED) is 0.715. The SMILES string of the molecule is Cc1nc(NC2CCC2)nc2c1NC(=O)[C@H](N)N2C. The van der Waals surface area contributed by atoms with Crippen molar-refractivity contribution in [3.05, 3.63) is 5.69 Å². The maximum atomic E-state index is 11.7. The van der Waals surface area contributed by atoms with E-state index in [2.05, 4.69) is 20.6 Å². The highest BCUT2D eigenvalue weighted by atomic mass is 16.2. The van der Waals surface area contributed by atoms with E-state index in [0.717, 1.165) is 18.5 Å². The van der Waals surface area contributed by atoms with Crippen LogP contribution in [0.5, 0.6) is 0 Å². The third-order valence-corrected chi connectivity index (χ3v) is 3.78. The van der Waals surface area contributed by atoms with Crippen LogP contribution in [0.25, 0.3) is 0 Å². The maximum Gasteiger partial charge on any atom is 0.262 e. The van der Waals surface area contributed by atoms with Crippen LogP contribution in [-0.4, -0.2) is 35.1 Å². The van der Waals surface area contributed by atoms with Crippen LogP contribution in [0.4, 0.5) is 17.5 Å². The van der Waals surface area contributed by atoms with Crippen molar-refractivity contribution in [3.8, 4) is 0 Å². The van der Waals surface area contributed by atoms with Crippen LogP contribution in [0.3, 0.4) is 0 Å². The Balaban J connectivity index is 1.95. The molecule has 1 saturated carbocycles. The molecule has 0 saturated heterocycles. The standard InChI is InChI=1S/C12H18N6O/c1-6-8-10(18(2)9(13)11(19)16-8)17-12(14-6)15-7-4-3-5-7/h7,9H,3-5,13H2,1-2H3,(H,16,19)(H,14,15,17)/t9-/m1/s1. The molecule has 1 aromatic rings. The summed E-state index contributed by atoms with van der Waals surface area (Å²) in [4.78, 5) is 22.2. The molecule has 2 aliphatic rings. The van der Waals surface area contributed by atoms with E-state index in [0.29, 0.717) is 23.5 Å². The number of carbonyl (C=O) groups is 1. The molecule has 1 aliphatic heterocycles. The minimum absolute atomic E-state index is 0.235. The molecule has 1 aromatic heterocycles. The highest BCUT2D eigenvalue weighted by Gasteiger charge is 2.31. The molecule has 0 radical (unpaired) electrons. The van der Waals surface area contributed by atoms with Crippen molar-refractivity contribution in [2.45, 2.75) is 38.4 Å². The number of rotatable bonds is 2. The zero-order chi connectivity index (χ0) is 13.6. The average molecular weight is 262 g/mol. The smallest absolute Gasteiger partial charge is 0.262 e. The topological polar surface area (TPSA) is 96.2 Å². The number of nitrogens with one attached hydrogen (secondary N) is 2. The summed E-state index contributed by atoms with van der Waals surface area (Å²) in [5, 5.41) is 6.07. The molecule has 1 fully saturated rings. The van der Waals surface area contributed by atoms with Crippen LogP contribution in [0.2, 0.25) is 0 Å². The van der Waals surface area contributed by atoms with Gasteiger partial charge in [0.25, 0.3) is 5.91 Å². The Hall–Kier alpha value is -1.89. The molecule has 0 aromatic carbocycles. The van der Waals surface area contributed by atoms with Gasteiger partial charge in [0.15, 0.2) is 12.0 Å². The predicted octanol–water partition coefficient (Wildman–Crippen LogP) is 0.423. The largest absolute Gasteiger partial charge is 0.351 e. The highest BCUT2D eigenvalue weighted by molar-refractivity contribution is 6.02. The van der Waals surface area contributed by atoms with E-state index in [1.165, 1.54) is 6.42 Å². The molecule has 7 heteroatoms. The van der Waals surface area contributed by atoms with E-state index in [9.17, 15) is 4.79 Å². The van der Waals surface area contributed by atoms with Crippen molar-refractivity contribution in [1.82, 2.24) is 9.97 Å². The number of aryl methyl sites for hydroxylation is 1. The minimum Gasteiger partial charge on any atom is -0.351 e. The number of fused-ring (bicyclic) bond motifs is 1. The lowest BCUT2D eigenvalue weighted by Gasteiger charge is -2.33. The summed E-state index contributed by atoms with van der Waals surface area (Å²) in [5.74, 6) is 1.04. The maximum absolute atomic E-state index is 11.7. The summed E-state index contributed by atoms with van der Waals surface area (Å²) in [6.45, 7) is 1.86. The zero-order valence-corrected chi connectivity index (χ0v) is 11.1. The highest BCUT2D eigenvalue weighted by Crippen LogP contribution is 2.32. The van der Waals surface area contributed by atoms with Gasteiger partial charge >= 0.3 is 0 Å². The van der Waals surface area contributed by atoms with Gasteiger partial charge in [0.05, 0.1) is 5.69 Å². The van der Waals surface area contributed by atoms with Gasteiger partial charge in [-0.3, -0.25) is 4.79 Å². The Morgan fingerprint density at radius 2 is 2.16 bits per heavy atom. The van der Waals surface area contributed by atoms with Gasteiger partial charge in [-0.05, 0) is 26.2 Å². The molecule has 0 unspecified atom stereocenters. The number of carbonyl (C=O) groups excluding carboxylic acids is 1. The van der Waals surface area contributed by atoms with Crippen LogP contribution in [0.1, 0.15) is 25.0 Å². The fourth-order valence-electron chi connectivity index (χ4n) is 2.26. The van der Waals surface area contributed by atoms with E-state index in [1.807, 2.05) is 6.92 Å². The van der Waals surface area contributed by atoms with Crippen molar-refractivity contribution in [1.29, 1.82) is 0 Å². The molecular weight excluding hydrogens is 244 g/mol. The van der Waals surface area contributed by atoms with E-state index in [1.54, 1.807) is 11.9 Å². The summed E-state index contributed by atoms with van der Waals surface area (Å²) in [5.41, 5.74) is 7.20. The van der Waals surface area contributed by atoms with Gasteiger partial charge in [0.1, 0.15) is 5.69 Å². The van der Waals surface area contributed by atoms with E-state index in [-0.39, 0.29) is 5.91 Å². The van der Waals surface area contributed by atoms with E-state index in [4.69, 9.17) is 5.73 Å². The van der Waals surface area contributed by atoms with E-state index < -0.39 is 6.17 Å². The monoisotopic (exact) mass is 262 g/mol. The van der Waals surface area contributed by atoms with Crippen molar-refractivity contribution < 1.29 is 4.79 Å². The third-order valence-electron chi connectivity index (χ3n) is 3.78.